The molecule has 1 unspecified atom stereocenters. The van der Waals surface area contributed by atoms with E-state index in [-0.39, 0.29) is 0 Å². The van der Waals surface area contributed by atoms with Gasteiger partial charge in [0.05, 0.1) is 6.10 Å². The monoisotopic (exact) mass is 228 g/mol. The van der Waals surface area contributed by atoms with Crippen molar-refractivity contribution < 1.29 is 5.11 Å². The molecule has 88 valence electrons. The molecule has 0 spiro atoms. The normalized spacial score (nSPS) is 12.4. The van der Waals surface area contributed by atoms with Crippen molar-refractivity contribution in [2.45, 2.75) is 25.9 Å². The predicted molar refractivity (Wildman–Crippen MR) is 66.5 cm³/mol. The third-order valence-electron chi connectivity index (χ3n) is 2.91. The van der Waals surface area contributed by atoms with Crippen LogP contribution in [0, 0.1) is 6.92 Å². The number of hydrogen-bond donors (Lipinski definition) is 1. The molecule has 2 rings (SSSR count). The molecule has 1 aromatic heterocycles. The van der Waals surface area contributed by atoms with Gasteiger partial charge in [-0.3, -0.25) is 0 Å². The molecule has 0 saturated heterocycles. The SMILES string of the molecule is Cc1ccccc1CCC(O)c1cncnc1. The first-order valence-corrected chi connectivity index (χ1v) is 5.75. The highest BCUT2D eigenvalue weighted by molar-refractivity contribution is 5.25. The molecule has 0 bridgehead atoms. The summed E-state index contributed by atoms with van der Waals surface area (Å²) in [6, 6.07) is 8.25. The van der Waals surface area contributed by atoms with Crippen LogP contribution < -0.4 is 0 Å². The minimum Gasteiger partial charge on any atom is -0.388 e. The summed E-state index contributed by atoms with van der Waals surface area (Å²) in [7, 11) is 0. The number of hydrogen-bond acceptors (Lipinski definition) is 3. The van der Waals surface area contributed by atoms with Crippen LogP contribution in [-0.4, -0.2) is 15.1 Å². The van der Waals surface area contributed by atoms with Crippen molar-refractivity contribution >= 4 is 0 Å². The highest BCUT2D eigenvalue weighted by Gasteiger charge is 2.08. The Bertz CT molecular complexity index is 471. The number of rotatable bonds is 4. The number of benzene rings is 1. The largest absolute Gasteiger partial charge is 0.388 e. The zero-order chi connectivity index (χ0) is 12.1. The van der Waals surface area contributed by atoms with Gasteiger partial charge in [-0.05, 0) is 30.9 Å². The minimum absolute atomic E-state index is 0.490. The number of aromatic nitrogens is 2. The van der Waals surface area contributed by atoms with Gasteiger partial charge in [0.25, 0.3) is 0 Å². The van der Waals surface area contributed by atoms with Gasteiger partial charge in [-0.2, -0.15) is 0 Å². The van der Waals surface area contributed by atoms with Crippen LogP contribution in [0.3, 0.4) is 0 Å². The highest BCUT2D eigenvalue weighted by Crippen LogP contribution is 2.18. The molecular weight excluding hydrogens is 212 g/mol. The van der Waals surface area contributed by atoms with Gasteiger partial charge < -0.3 is 5.11 Å². The maximum Gasteiger partial charge on any atom is 0.115 e. The Balaban J connectivity index is 1.97. The fraction of sp³-hybridized carbons (Fsp3) is 0.286. The van der Waals surface area contributed by atoms with Crippen molar-refractivity contribution in [3.8, 4) is 0 Å². The fourth-order valence-corrected chi connectivity index (χ4v) is 1.83. The first kappa shape index (κ1) is 11.7. The van der Waals surface area contributed by atoms with Crippen LogP contribution in [0.1, 0.15) is 29.2 Å². The summed E-state index contributed by atoms with van der Waals surface area (Å²) in [5, 5.41) is 9.99. The summed E-state index contributed by atoms with van der Waals surface area (Å²) >= 11 is 0. The van der Waals surface area contributed by atoms with E-state index < -0.39 is 6.10 Å². The summed E-state index contributed by atoms with van der Waals surface area (Å²) in [6.45, 7) is 2.09. The van der Waals surface area contributed by atoms with Gasteiger partial charge in [0.1, 0.15) is 6.33 Å². The van der Waals surface area contributed by atoms with Crippen LogP contribution in [0.25, 0.3) is 0 Å². The van der Waals surface area contributed by atoms with E-state index >= 15 is 0 Å². The van der Waals surface area contributed by atoms with E-state index in [0.29, 0.717) is 6.42 Å². The minimum atomic E-state index is -0.490. The molecule has 0 aliphatic rings. The van der Waals surface area contributed by atoms with Gasteiger partial charge >= 0.3 is 0 Å². The average molecular weight is 228 g/mol. The molecule has 0 amide bonds. The Morgan fingerprint density at radius 1 is 1.18 bits per heavy atom. The Labute approximate surface area is 101 Å². The molecule has 1 atom stereocenters. The third-order valence-corrected chi connectivity index (χ3v) is 2.91. The maximum atomic E-state index is 9.99. The van der Waals surface area contributed by atoms with E-state index in [1.54, 1.807) is 12.4 Å². The summed E-state index contributed by atoms with van der Waals surface area (Å²) in [5.74, 6) is 0. The molecule has 1 N–H and O–H groups in total. The first-order valence-electron chi connectivity index (χ1n) is 5.75. The summed E-state index contributed by atoms with van der Waals surface area (Å²) < 4.78 is 0. The summed E-state index contributed by atoms with van der Waals surface area (Å²) in [6.07, 6.45) is 5.86. The zero-order valence-electron chi connectivity index (χ0n) is 9.87. The van der Waals surface area contributed by atoms with Crippen molar-refractivity contribution in [1.29, 1.82) is 0 Å². The van der Waals surface area contributed by atoms with Crippen LogP contribution in [0.2, 0.25) is 0 Å². The molecule has 17 heavy (non-hydrogen) atoms. The lowest BCUT2D eigenvalue weighted by Gasteiger charge is -2.11. The predicted octanol–water partition coefficient (Wildman–Crippen LogP) is 2.45. The standard InChI is InChI=1S/C14H16N2O/c1-11-4-2-3-5-12(11)6-7-14(17)13-8-15-10-16-9-13/h2-5,8-10,14,17H,6-7H2,1H3. The molecule has 0 radical (unpaired) electrons. The topological polar surface area (TPSA) is 46.0 Å². The molecule has 1 aromatic carbocycles. The van der Waals surface area contributed by atoms with Crippen LogP contribution in [0.15, 0.2) is 43.0 Å². The molecule has 1 heterocycles. The van der Waals surface area contributed by atoms with E-state index in [1.807, 2.05) is 12.1 Å². The Morgan fingerprint density at radius 2 is 1.88 bits per heavy atom. The Hall–Kier alpha value is -1.74. The van der Waals surface area contributed by atoms with E-state index in [9.17, 15) is 5.11 Å². The molecular formula is C14H16N2O. The van der Waals surface area contributed by atoms with Crippen molar-refractivity contribution in [3.63, 3.8) is 0 Å². The van der Waals surface area contributed by atoms with E-state index in [0.717, 1.165) is 12.0 Å². The van der Waals surface area contributed by atoms with Gasteiger partial charge in [-0.1, -0.05) is 24.3 Å². The quantitative estimate of drug-likeness (QED) is 0.874. The molecule has 0 aliphatic carbocycles. The third kappa shape index (κ3) is 3.11. The number of aryl methyl sites for hydroxylation is 2. The van der Waals surface area contributed by atoms with Crippen LogP contribution >= 0.6 is 0 Å². The highest BCUT2D eigenvalue weighted by atomic mass is 16.3. The molecule has 3 heteroatoms. The Morgan fingerprint density at radius 3 is 2.59 bits per heavy atom. The van der Waals surface area contributed by atoms with Gasteiger partial charge in [-0.15, -0.1) is 0 Å². The summed E-state index contributed by atoms with van der Waals surface area (Å²) in [5.41, 5.74) is 3.33. The van der Waals surface area contributed by atoms with Gasteiger partial charge in [-0.25, -0.2) is 9.97 Å². The molecule has 2 aromatic rings. The lowest BCUT2D eigenvalue weighted by atomic mass is 10.00. The molecule has 0 aliphatic heterocycles. The number of nitrogens with zero attached hydrogens (tertiary/aromatic N) is 2. The van der Waals surface area contributed by atoms with Crippen LogP contribution in [0.4, 0.5) is 0 Å². The van der Waals surface area contributed by atoms with Crippen LogP contribution in [-0.2, 0) is 6.42 Å². The lowest BCUT2D eigenvalue weighted by Crippen LogP contribution is -2.01. The van der Waals surface area contributed by atoms with Gasteiger partial charge in [0.2, 0.25) is 0 Å². The lowest BCUT2D eigenvalue weighted by molar-refractivity contribution is 0.167. The second kappa shape index (κ2) is 5.55. The van der Waals surface area contributed by atoms with E-state index in [4.69, 9.17) is 0 Å². The van der Waals surface area contributed by atoms with Gasteiger partial charge in [0.15, 0.2) is 0 Å². The molecule has 3 nitrogen and oxygen atoms in total. The maximum absolute atomic E-state index is 9.99. The fourth-order valence-electron chi connectivity index (χ4n) is 1.83. The number of aliphatic hydroxyl groups is 1. The van der Waals surface area contributed by atoms with Crippen molar-refractivity contribution in [2.24, 2.45) is 0 Å². The first-order chi connectivity index (χ1) is 8.27. The molecule has 0 saturated carbocycles. The number of aliphatic hydroxyl groups excluding tert-OH is 1. The van der Waals surface area contributed by atoms with Gasteiger partial charge in [0, 0.05) is 18.0 Å². The molecule has 0 fully saturated rings. The second-order valence-electron chi connectivity index (χ2n) is 4.15. The summed E-state index contributed by atoms with van der Waals surface area (Å²) in [4.78, 5) is 7.81. The van der Waals surface area contributed by atoms with E-state index in [2.05, 4.69) is 29.0 Å². The van der Waals surface area contributed by atoms with Crippen molar-refractivity contribution in [2.75, 3.05) is 0 Å². The second-order valence-corrected chi connectivity index (χ2v) is 4.15. The Kier molecular flexibility index (Phi) is 3.83. The van der Waals surface area contributed by atoms with Crippen molar-refractivity contribution in [1.82, 2.24) is 9.97 Å². The van der Waals surface area contributed by atoms with Crippen molar-refractivity contribution in [3.05, 3.63) is 59.7 Å². The zero-order valence-corrected chi connectivity index (χ0v) is 9.87. The average Bonchev–Trinajstić information content (AvgIpc) is 2.38. The smallest absolute Gasteiger partial charge is 0.115 e. The van der Waals surface area contributed by atoms with E-state index in [1.165, 1.54) is 17.5 Å². The van der Waals surface area contributed by atoms with Crippen LogP contribution in [0.5, 0.6) is 0 Å².